The van der Waals surface area contributed by atoms with Crippen molar-refractivity contribution in [3.63, 3.8) is 0 Å². The SMILES string of the molecule is N#Cc1ccccc1F.N=Cc1c(N)ccc2c1[C@H]1C3CCC(C3)[C@H]1CN2. The summed E-state index contributed by atoms with van der Waals surface area (Å²) >= 11 is 0. The summed E-state index contributed by atoms with van der Waals surface area (Å²) in [7, 11) is 0. The fourth-order valence-electron chi connectivity index (χ4n) is 5.26. The van der Waals surface area contributed by atoms with E-state index < -0.39 is 5.82 Å². The van der Waals surface area contributed by atoms with Crippen LogP contribution in [0.3, 0.4) is 0 Å². The van der Waals surface area contributed by atoms with Gasteiger partial charge in [-0.15, -0.1) is 0 Å². The summed E-state index contributed by atoms with van der Waals surface area (Å²) in [5.41, 5.74) is 10.4. The Bertz CT molecular complexity index is 917. The zero-order valence-electron chi connectivity index (χ0n) is 15.1. The summed E-state index contributed by atoms with van der Waals surface area (Å²) in [6.45, 7) is 1.11. The molecule has 0 aromatic heterocycles. The largest absolute Gasteiger partial charge is 0.398 e. The fourth-order valence-corrected chi connectivity index (χ4v) is 5.26. The molecule has 0 radical (unpaired) electrons. The lowest BCUT2D eigenvalue weighted by Crippen LogP contribution is -2.33. The summed E-state index contributed by atoms with van der Waals surface area (Å²) < 4.78 is 12.4. The van der Waals surface area contributed by atoms with E-state index in [9.17, 15) is 4.39 Å². The first kappa shape index (κ1) is 17.5. The van der Waals surface area contributed by atoms with Crippen LogP contribution >= 0.6 is 0 Å². The molecule has 4 atom stereocenters. The Morgan fingerprint density at radius 1 is 1.19 bits per heavy atom. The molecule has 0 spiro atoms. The van der Waals surface area contributed by atoms with Crippen molar-refractivity contribution in [1.29, 1.82) is 10.7 Å². The summed E-state index contributed by atoms with van der Waals surface area (Å²) in [4.78, 5) is 0. The van der Waals surface area contributed by atoms with E-state index in [1.54, 1.807) is 18.2 Å². The second-order valence-corrected chi connectivity index (χ2v) is 7.67. The molecule has 5 rings (SSSR count). The summed E-state index contributed by atoms with van der Waals surface area (Å²) in [6, 6.07) is 11.6. The van der Waals surface area contributed by atoms with Crippen molar-refractivity contribution in [3.8, 4) is 6.07 Å². The number of fused-ring (bicyclic) bond motifs is 7. The first-order valence-electron chi connectivity index (χ1n) is 9.45. The first-order valence-corrected chi connectivity index (χ1v) is 9.45. The fraction of sp³-hybridized carbons (Fsp3) is 0.364. The van der Waals surface area contributed by atoms with Crippen LogP contribution in [0.2, 0.25) is 0 Å². The van der Waals surface area contributed by atoms with Crippen molar-refractivity contribution in [2.45, 2.75) is 25.2 Å². The predicted molar refractivity (Wildman–Crippen MR) is 105 cm³/mol. The highest BCUT2D eigenvalue weighted by atomic mass is 19.1. The van der Waals surface area contributed by atoms with Crippen LogP contribution < -0.4 is 11.1 Å². The van der Waals surface area contributed by atoms with Crippen molar-refractivity contribution >= 4 is 17.6 Å². The second-order valence-electron chi connectivity index (χ2n) is 7.67. The first-order chi connectivity index (χ1) is 13.1. The third-order valence-electron chi connectivity index (χ3n) is 6.41. The molecule has 2 aromatic carbocycles. The molecule has 5 heteroatoms. The summed E-state index contributed by atoms with van der Waals surface area (Å²) in [6.07, 6.45) is 5.62. The molecular formula is C22H23FN4. The van der Waals surface area contributed by atoms with Gasteiger partial charge in [-0.1, -0.05) is 12.1 Å². The molecule has 27 heavy (non-hydrogen) atoms. The Balaban J connectivity index is 0.000000170. The molecule has 0 amide bonds. The third kappa shape index (κ3) is 2.95. The molecule has 1 aliphatic heterocycles. The van der Waals surface area contributed by atoms with Crippen LogP contribution in [-0.4, -0.2) is 12.8 Å². The smallest absolute Gasteiger partial charge is 0.140 e. The molecule has 2 saturated carbocycles. The molecule has 4 nitrogen and oxygen atoms in total. The van der Waals surface area contributed by atoms with Crippen molar-refractivity contribution in [2.75, 3.05) is 17.6 Å². The maximum atomic E-state index is 12.4. The van der Waals surface area contributed by atoms with E-state index in [0.717, 1.165) is 35.5 Å². The van der Waals surface area contributed by atoms with Gasteiger partial charge in [-0.25, -0.2) is 4.39 Å². The molecule has 4 N–H and O–H groups in total. The van der Waals surface area contributed by atoms with Gasteiger partial charge in [0.1, 0.15) is 11.9 Å². The number of anilines is 2. The van der Waals surface area contributed by atoms with Crippen molar-refractivity contribution in [3.05, 3.63) is 58.9 Å². The molecule has 3 aliphatic rings. The van der Waals surface area contributed by atoms with Gasteiger partial charge in [-0.2, -0.15) is 5.26 Å². The van der Waals surface area contributed by atoms with Crippen molar-refractivity contribution < 1.29 is 4.39 Å². The minimum atomic E-state index is -0.458. The van der Waals surface area contributed by atoms with Crippen LogP contribution in [0.25, 0.3) is 0 Å². The van der Waals surface area contributed by atoms with E-state index in [1.807, 2.05) is 6.07 Å². The molecule has 2 aliphatic carbocycles. The van der Waals surface area contributed by atoms with Crippen LogP contribution in [0.15, 0.2) is 36.4 Å². The molecule has 1 heterocycles. The lowest BCUT2D eigenvalue weighted by Gasteiger charge is -2.38. The van der Waals surface area contributed by atoms with E-state index >= 15 is 0 Å². The van der Waals surface area contributed by atoms with Gasteiger partial charge in [0, 0.05) is 29.7 Å². The molecule has 2 fully saturated rings. The maximum absolute atomic E-state index is 12.4. The standard InChI is InChI=1S/C15H19N3.C7H4FN/c16-6-10-12(17)3-4-13-15(10)14-9-2-1-8(5-9)11(14)7-18-13;8-7-4-2-1-3-6(7)5-9/h3-4,6,8-9,11,14,16,18H,1-2,5,7,17H2;1-4H/t8?,9?,11-,14+;/m1./s1. The van der Waals surface area contributed by atoms with Gasteiger partial charge < -0.3 is 16.5 Å². The van der Waals surface area contributed by atoms with Gasteiger partial charge in [0.25, 0.3) is 0 Å². The Hall–Kier alpha value is -2.87. The average Bonchev–Trinajstić information content (AvgIpc) is 3.31. The number of nitrogens with two attached hydrogens (primary N) is 1. The highest BCUT2D eigenvalue weighted by molar-refractivity contribution is 5.90. The Morgan fingerprint density at radius 2 is 1.96 bits per heavy atom. The Morgan fingerprint density at radius 3 is 2.67 bits per heavy atom. The number of halogens is 1. The minimum absolute atomic E-state index is 0.0949. The molecular weight excluding hydrogens is 339 g/mol. The van der Waals surface area contributed by atoms with Gasteiger partial charge in [0.15, 0.2) is 0 Å². The number of nitrogen functional groups attached to an aromatic ring is 1. The van der Waals surface area contributed by atoms with Crippen LogP contribution in [0.1, 0.15) is 41.9 Å². The summed E-state index contributed by atoms with van der Waals surface area (Å²) in [5, 5.41) is 19.5. The normalized spacial score (nSPS) is 26.7. The van der Waals surface area contributed by atoms with E-state index in [1.165, 1.54) is 48.9 Å². The topological polar surface area (TPSA) is 85.7 Å². The van der Waals surface area contributed by atoms with Gasteiger partial charge >= 0.3 is 0 Å². The lowest BCUT2D eigenvalue weighted by molar-refractivity contribution is 0.294. The maximum Gasteiger partial charge on any atom is 0.140 e. The van der Waals surface area contributed by atoms with Crippen LogP contribution in [0, 0.1) is 40.3 Å². The number of nitriles is 1. The van der Waals surface area contributed by atoms with E-state index in [0.29, 0.717) is 5.92 Å². The Kier molecular flexibility index (Phi) is 4.57. The number of nitrogens with zero attached hydrogens (tertiary/aromatic N) is 1. The van der Waals surface area contributed by atoms with E-state index in [-0.39, 0.29) is 5.56 Å². The molecule has 0 saturated heterocycles. The molecule has 2 bridgehead atoms. The monoisotopic (exact) mass is 362 g/mol. The highest BCUT2D eigenvalue weighted by Gasteiger charge is 2.50. The Labute approximate surface area is 158 Å². The van der Waals surface area contributed by atoms with Crippen molar-refractivity contribution in [1.82, 2.24) is 0 Å². The molecule has 138 valence electrons. The summed E-state index contributed by atoms with van der Waals surface area (Å²) in [5.74, 6) is 2.71. The number of benzene rings is 2. The van der Waals surface area contributed by atoms with Crippen molar-refractivity contribution in [2.24, 2.45) is 17.8 Å². The zero-order valence-corrected chi connectivity index (χ0v) is 15.1. The average molecular weight is 362 g/mol. The number of hydrogen-bond donors (Lipinski definition) is 3. The third-order valence-corrected chi connectivity index (χ3v) is 6.41. The minimum Gasteiger partial charge on any atom is -0.398 e. The predicted octanol–water partition coefficient (Wildman–Crippen LogP) is 4.52. The number of rotatable bonds is 1. The van der Waals surface area contributed by atoms with Gasteiger partial charge in [-0.3, -0.25) is 0 Å². The van der Waals surface area contributed by atoms with E-state index in [4.69, 9.17) is 16.4 Å². The van der Waals surface area contributed by atoms with Gasteiger partial charge in [0.05, 0.1) is 5.56 Å². The van der Waals surface area contributed by atoms with Gasteiger partial charge in [-0.05, 0) is 72.8 Å². The zero-order chi connectivity index (χ0) is 19.0. The van der Waals surface area contributed by atoms with Crippen LogP contribution in [-0.2, 0) is 0 Å². The number of nitrogens with one attached hydrogen (secondary N) is 2. The molecule has 2 aromatic rings. The lowest BCUT2D eigenvalue weighted by atomic mass is 9.71. The van der Waals surface area contributed by atoms with Gasteiger partial charge in [0.2, 0.25) is 0 Å². The van der Waals surface area contributed by atoms with Crippen LogP contribution in [0.4, 0.5) is 15.8 Å². The second kappa shape index (κ2) is 7.03. The number of hydrogen-bond acceptors (Lipinski definition) is 4. The molecule has 2 unspecified atom stereocenters. The highest BCUT2D eigenvalue weighted by Crippen LogP contribution is 2.60. The quantitative estimate of drug-likeness (QED) is 0.515. The van der Waals surface area contributed by atoms with E-state index in [2.05, 4.69) is 11.4 Å². The van der Waals surface area contributed by atoms with Crippen LogP contribution in [0.5, 0.6) is 0 Å².